The summed E-state index contributed by atoms with van der Waals surface area (Å²) in [4.78, 5) is 14.1. The van der Waals surface area contributed by atoms with Crippen LogP contribution in [-0.4, -0.2) is 26.0 Å². The number of anilines is 2. The van der Waals surface area contributed by atoms with E-state index in [1.54, 1.807) is 7.05 Å². The van der Waals surface area contributed by atoms with Gasteiger partial charge in [0, 0.05) is 30.0 Å². The topological polar surface area (TPSA) is 44.4 Å². The number of amides is 1. The Labute approximate surface area is 115 Å². The van der Waals surface area contributed by atoms with Crippen LogP contribution in [0, 0.1) is 5.92 Å². The highest BCUT2D eigenvalue weighted by atomic mass is 16.2. The van der Waals surface area contributed by atoms with E-state index in [9.17, 15) is 4.79 Å². The minimum absolute atomic E-state index is 0.0224. The molecule has 2 unspecified atom stereocenters. The van der Waals surface area contributed by atoms with Crippen LogP contribution in [0.15, 0.2) is 18.2 Å². The molecule has 0 spiro atoms. The summed E-state index contributed by atoms with van der Waals surface area (Å²) in [7, 11) is 3.90. The van der Waals surface area contributed by atoms with Gasteiger partial charge in [0.25, 0.3) is 0 Å². The molecular formula is C15H23N3O. The Hall–Kier alpha value is -1.55. The molecule has 2 N–H and O–H groups in total. The molecule has 1 aromatic rings. The van der Waals surface area contributed by atoms with Gasteiger partial charge < -0.3 is 15.5 Å². The van der Waals surface area contributed by atoms with Gasteiger partial charge in [-0.15, -0.1) is 0 Å². The Bertz CT molecular complexity index is 484. The minimum atomic E-state index is -0.225. The molecule has 1 amide bonds. The van der Waals surface area contributed by atoms with Gasteiger partial charge in [-0.1, -0.05) is 19.9 Å². The van der Waals surface area contributed by atoms with Gasteiger partial charge in [0.1, 0.15) is 6.04 Å². The molecule has 4 heteroatoms. The van der Waals surface area contributed by atoms with Crippen LogP contribution in [0.2, 0.25) is 0 Å². The third kappa shape index (κ3) is 2.45. The molecule has 104 valence electrons. The van der Waals surface area contributed by atoms with Crippen molar-refractivity contribution in [3.63, 3.8) is 0 Å². The number of benzene rings is 1. The lowest BCUT2D eigenvalue weighted by atomic mass is 10.0. The molecule has 0 aliphatic carbocycles. The maximum absolute atomic E-state index is 11.8. The number of likely N-dealkylation sites (N-methyl/N-ethyl adjacent to an activating group) is 1. The third-order valence-corrected chi connectivity index (χ3v) is 4.14. The Morgan fingerprint density at radius 1 is 1.32 bits per heavy atom. The number of carbonyl (C=O) groups excluding carboxylic acids is 1. The van der Waals surface area contributed by atoms with Crippen LogP contribution >= 0.6 is 0 Å². The van der Waals surface area contributed by atoms with Crippen LogP contribution in [0.3, 0.4) is 0 Å². The summed E-state index contributed by atoms with van der Waals surface area (Å²) < 4.78 is 0. The molecule has 19 heavy (non-hydrogen) atoms. The van der Waals surface area contributed by atoms with Crippen molar-refractivity contribution in [1.29, 1.82) is 0 Å². The number of nitrogens with one attached hydrogen (secondary N) is 2. The van der Waals surface area contributed by atoms with Crippen LogP contribution in [0.1, 0.15) is 32.4 Å². The molecule has 1 aliphatic heterocycles. The fourth-order valence-electron chi connectivity index (χ4n) is 2.44. The first kappa shape index (κ1) is 13.9. The number of rotatable bonds is 4. The van der Waals surface area contributed by atoms with Crippen LogP contribution in [0.25, 0.3) is 0 Å². The van der Waals surface area contributed by atoms with Crippen LogP contribution in [0.4, 0.5) is 11.4 Å². The first-order chi connectivity index (χ1) is 8.95. The van der Waals surface area contributed by atoms with E-state index in [4.69, 9.17) is 0 Å². The zero-order chi connectivity index (χ0) is 14.2. The summed E-state index contributed by atoms with van der Waals surface area (Å²) >= 11 is 0. The lowest BCUT2D eigenvalue weighted by Gasteiger charge is -2.30. The molecule has 0 saturated carbocycles. The average Bonchev–Trinajstić information content (AvgIpc) is 2.70. The Balaban J connectivity index is 2.29. The van der Waals surface area contributed by atoms with Crippen molar-refractivity contribution >= 4 is 17.3 Å². The normalized spacial score (nSPS) is 19.3. The Morgan fingerprint density at radius 3 is 2.58 bits per heavy atom. The van der Waals surface area contributed by atoms with E-state index in [2.05, 4.69) is 55.5 Å². The summed E-state index contributed by atoms with van der Waals surface area (Å²) in [5.74, 6) is 0.604. The maximum atomic E-state index is 11.8. The molecule has 2 rings (SSSR count). The van der Waals surface area contributed by atoms with Crippen LogP contribution in [0.5, 0.6) is 0 Å². The number of hydrogen-bond acceptors (Lipinski definition) is 3. The zero-order valence-corrected chi connectivity index (χ0v) is 12.3. The number of hydrogen-bond donors (Lipinski definition) is 2. The molecule has 0 radical (unpaired) electrons. The largest absolute Gasteiger partial charge is 0.372 e. The molecular weight excluding hydrogens is 238 g/mol. The highest BCUT2D eigenvalue weighted by molar-refractivity contribution is 6.03. The smallest absolute Gasteiger partial charge is 0.246 e. The van der Waals surface area contributed by atoms with E-state index in [1.165, 1.54) is 0 Å². The van der Waals surface area contributed by atoms with E-state index in [0.29, 0.717) is 12.0 Å². The summed E-state index contributed by atoms with van der Waals surface area (Å²) in [6, 6.07) is 6.41. The van der Waals surface area contributed by atoms with Gasteiger partial charge in [-0.2, -0.15) is 0 Å². The fourth-order valence-corrected chi connectivity index (χ4v) is 2.44. The van der Waals surface area contributed by atoms with E-state index >= 15 is 0 Å². The van der Waals surface area contributed by atoms with Crippen molar-refractivity contribution in [2.24, 2.45) is 5.92 Å². The number of nitrogens with zero attached hydrogens (tertiary/aromatic N) is 1. The van der Waals surface area contributed by atoms with E-state index in [-0.39, 0.29) is 11.9 Å². The molecule has 0 bridgehead atoms. The van der Waals surface area contributed by atoms with Crippen molar-refractivity contribution in [2.75, 3.05) is 24.3 Å². The van der Waals surface area contributed by atoms with E-state index < -0.39 is 0 Å². The lowest BCUT2D eigenvalue weighted by molar-refractivity contribution is -0.117. The quantitative estimate of drug-likeness (QED) is 0.874. The highest BCUT2D eigenvalue weighted by Gasteiger charge is 2.29. The fraction of sp³-hybridized carbons (Fsp3) is 0.533. The zero-order valence-electron chi connectivity index (χ0n) is 12.3. The molecule has 1 aliphatic rings. The van der Waals surface area contributed by atoms with Crippen LogP contribution < -0.4 is 15.5 Å². The van der Waals surface area contributed by atoms with Gasteiger partial charge in [-0.25, -0.2) is 0 Å². The average molecular weight is 261 g/mol. The van der Waals surface area contributed by atoms with E-state index in [0.717, 1.165) is 16.9 Å². The monoisotopic (exact) mass is 261 g/mol. The summed E-state index contributed by atoms with van der Waals surface area (Å²) in [5, 5.41) is 5.97. The summed E-state index contributed by atoms with van der Waals surface area (Å²) in [5.41, 5.74) is 3.09. The van der Waals surface area contributed by atoms with Crippen molar-refractivity contribution in [1.82, 2.24) is 5.32 Å². The standard InChI is InChI=1S/C15H23N3O/c1-9(2)10(3)18(5)11-6-7-12-13(8-11)17-15(19)14(12)16-4/h6-10,14,16H,1-5H3,(H,17,19). The predicted molar refractivity (Wildman–Crippen MR) is 79.6 cm³/mol. The van der Waals surface area contributed by atoms with Gasteiger partial charge in [-0.3, -0.25) is 4.79 Å². The van der Waals surface area contributed by atoms with Gasteiger partial charge >= 0.3 is 0 Å². The second-order valence-electron chi connectivity index (χ2n) is 5.58. The molecule has 2 atom stereocenters. The molecule has 1 heterocycles. The molecule has 4 nitrogen and oxygen atoms in total. The Kier molecular flexibility index (Phi) is 3.80. The highest BCUT2D eigenvalue weighted by Crippen LogP contribution is 2.34. The van der Waals surface area contributed by atoms with Crippen molar-refractivity contribution in [2.45, 2.75) is 32.9 Å². The van der Waals surface area contributed by atoms with Gasteiger partial charge in [0.05, 0.1) is 0 Å². The molecule has 0 fully saturated rings. The number of fused-ring (bicyclic) bond motifs is 1. The van der Waals surface area contributed by atoms with Gasteiger partial charge in [0.15, 0.2) is 0 Å². The lowest BCUT2D eigenvalue weighted by Crippen LogP contribution is -2.33. The number of carbonyl (C=O) groups is 1. The molecule has 0 saturated heterocycles. The maximum Gasteiger partial charge on any atom is 0.246 e. The van der Waals surface area contributed by atoms with Gasteiger partial charge in [-0.05, 0) is 32.0 Å². The third-order valence-electron chi connectivity index (χ3n) is 4.14. The summed E-state index contributed by atoms with van der Waals surface area (Å²) in [6.07, 6.45) is 0. The van der Waals surface area contributed by atoms with Gasteiger partial charge in [0.2, 0.25) is 5.91 Å². The molecule has 0 aromatic heterocycles. The SMILES string of the molecule is CNC1C(=O)Nc2cc(N(C)C(C)C(C)C)ccc21. The first-order valence-corrected chi connectivity index (χ1v) is 6.80. The van der Waals surface area contributed by atoms with Crippen molar-refractivity contribution in [3.8, 4) is 0 Å². The second-order valence-corrected chi connectivity index (χ2v) is 5.58. The Morgan fingerprint density at radius 2 is 2.00 bits per heavy atom. The minimum Gasteiger partial charge on any atom is -0.372 e. The summed E-state index contributed by atoms with van der Waals surface area (Å²) in [6.45, 7) is 6.65. The van der Waals surface area contributed by atoms with Crippen molar-refractivity contribution < 1.29 is 4.79 Å². The van der Waals surface area contributed by atoms with Crippen LogP contribution in [-0.2, 0) is 4.79 Å². The first-order valence-electron chi connectivity index (χ1n) is 6.80. The second kappa shape index (κ2) is 5.21. The van der Waals surface area contributed by atoms with E-state index in [1.807, 2.05) is 6.07 Å². The molecule has 1 aromatic carbocycles. The van der Waals surface area contributed by atoms with Crippen molar-refractivity contribution in [3.05, 3.63) is 23.8 Å². The predicted octanol–water partition coefficient (Wildman–Crippen LogP) is 2.38.